The largest absolute Gasteiger partial charge is 0.493 e. The Balaban J connectivity index is 2.49. The van der Waals surface area contributed by atoms with Crippen LogP contribution < -0.4 is 10.5 Å². The normalized spacial score (nSPS) is 11.2. The van der Waals surface area contributed by atoms with Gasteiger partial charge in [-0.3, -0.25) is 4.79 Å². The molecule has 0 aliphatic carbocycles. The maximum absolute atomic E-state index is 11.9. The molecule has 1 aromatic rings. The van der Waals surface area contributed by atoms with Crippen LogP contribution in [0.4, 0.5) is 13.2 Å². The predicted molar refractivity (Wildman–Crippen MR) is 55.7 cm³/mol. The molecule has 0 atom stereocenters. The molecule has 1 rings (SSSR count). The zero-order chi connectivity index (χ0) is 12.9. The van der Waals surface area contributed by atoms with Gasteiger partial charge in [0.2, 0.25) is 0 Å². The summed E-state index contributed by atoms with van der Waals surface area (Å²) in [5.41, 5.74) is 5.26. The van der Waals surface area contributed by atoms with Gasteiger partial charge >= 0.3 is 6.18 Å². The molecule has 94 valence electrons. The lowest BCUT2D eigenvalue weighted by Crippen LogP contribution is -2.14. The smallest absolute Gasteiger partial charge is 0.389 e. The maximum Gasteiger partial charge on any atom is 0.389 e. The zero-order valence-corrected chi connectivity index (χ0v) is 8.96. The number of carbonyl (C=O) groups excluding carboxylic acids is 1. The number of hydrogen-bond donors (Lipinski definition) is 1. The molecule has 0 bridgehead atoms. The molecule has 3 nitrogen and oxygen atoms in total. The van der Waals surface area contributed by atoms with E-state index in [2.05, 4.69) is 0 Å². The number of ether oxygens (including phenoxy) is 1. The molecule has 0 fully saturated rings. The second kappa shape index (κ2) is 5.56. The lowest BCUT2D eigenvalue weighted by atomic mass is 10.2. The first-order chi connectivity index (χ1) is 7.90. The van der Waals surface area contributed by atoms with E-state index in [4.69, 9.17) is 10.5 Å². The van der Waals surface area contributed by atoms with Crippen LogP contribution in [0.25, 0.3) is 0 Å². The van der Waals surface area contributed by atoms with Gasteiger partial charge in [-0.15, -0.1) is 0 Å². The number of carbonyl (C=O) groups is 1. The molecular weight excluding hydrogens is 235 g/mol. The average molecular weight is 247 g/mol. The second-order valence-corrected chi connectivity index (χ2v) is 3.43. The topological polar surface area (TPSA) is 52.3 Å². The fourth-order valence-corrected chi connectivity index (χ4v) is 1.25. The Kier molecular flexibility index (Phi) is 4.37. The zero-order valence-electron chi connectivity index (χ0n) is 8.96. The Morgan fingerprint density at radius 1 is 1.29 bits per heavy atom. The van der Waals surface area contributed by atoms with Gasteiger partial charge in [0, 0.05) is 6.42 Å². The summed E-state index contributed by atoms with van der Waals surface area (Å²) in [6.45, 7) is -0.107. The van der Waals surface area contributed by atoms with Crippen LogP contribution in [0.15, 0.2) is 24.3 Å². The fraction of sp³-hybridized carbons (Fsp3) is 0.364. The molecule has 1 aromatic carbocycles. The highest BCUT2D eigenvalue weighted by atomic mass is 19.4. The highest BCUT2D eigenvalue weighted by Gasteiger charge is 2.26. The van der Waals surface area contributed by atoms with E-state index in [1.165, 1.54) is 12.1 Å². The molecule has 0 aliphatic heterocycles. The summed E-state index contributed by atoms with van der Waals surface area (Å²) >= 11 is 0. The quantitative estimate of drug-likeness (QED) is 0.813. The van der Waals surface area contributed by atoms with E-state index in [0.717, 1.165) is 0 Å². The average Bonchev–Trinajstić information content (AvgIpc) is 2.23. The molecule has 0 aliphatic rings. The molecule has 1 amide bonds. The van der Waals surface area contributed by atoms with Gasteiger partial charge in [-0.1, -0.05) is 12.1 Å². The van der Waals surface area contributed by atoms with Gasteiger partial charge in [0.1, 0.15) is 5.75 Å². The number of benzene rings is 1. The van der Waals surface area contributed by atoms with Crippen molar-refractivity contribution >= 4 is 5.91 Å². The Morgan fingerprint density at radius 3 is 2.53 bits per heavy atom. The summed E-state index contributed by atoms with van der Waals surface area (Å²) in [6, 6.07) is 6.17. The summed E-state index contributed by atoms with van der Waals surface area (Å²) in [5.74, 6) is -0.460. The molecule has 17 heavy (non-hydrogen) atoms. The van der Waals surface area contributed by atoms with Crippen molar-refractivity contribution in [1.29, 1.82) is 0 Å². The number of amides is 1. The first kappa shape index (κ1) is 13.3. The van der Waals surface area contributed by atoms with E-state index in [-0.39, 0.29) is 24.3 Å². The first-order valence-corrected chi connectivity index (χ1v) is 4.98. The van der Waals surface area contributed by atoms with Crippen LogP contribution in [0.1, 0.15) is 23.2 Å². The molecular formula is C11H12F3NO2. The number of para-hydroxylation sites is 1. The predicted octanol–water partition coefficient (Wildman–Crippen LogP) is 2.51. The highest BCUT2D eigenvalue weighted by Crippen LogP contribution is 2.22. The van der Waals surface area contributed by atoms with Crippen LogP contribution in [-0.4, -0.2) is 18.7 Å². The summed E-state index contributed by atoms with van der Waals surface area (Å²) in [7, 11) is 0. The molecule has 0 saturated heterocycles. The SMILES string of the molecule is NC(=O)c1ccccc1OCCCC(F)(F)F. The molecule has 0 spiro atoms. The van der Waals surface area contributed by atoms with Crippen LogP contribution in [0.3, 0.4) is 0 Å². The van der Waals surface area contributed by atoms with Crippen LogP contribution in [0.5, 0.6) is 5.75 Å². The second-order valence-electron chi connectivity index (χ2n) is 3.43. The monoisotopic (exact) mass is 247 g/mol. The van der Waals surface area contributed by atoms with Crippen LogP contribution in [-0.2, 0) is 0 Å². The van der Waals surface area contributed by atoms with Gasteiger partial charge < -0.3 is 10.5 Å². The number of halogens is 3. The Labute approximate surface area is 96.4 Å². The van der Waals surface area contributed by atoms with E-state index >= 15 is 0 Å². The number of nitrogens with two attached hydrogens (primary N) is 1. The van der Waals surface area contributed by atoms with Crippen molar-refractivity contribution in [3.8, 4) is 5.75 Å². The van der Waals surface area contributed by atoms with E-state index in [9.17, 15) is 18.0 Å². The lowest BCUT2D eigenvalue weighted by molar-refractivity contribution is -0.136. The van der Waals surface area contributed by atoms with Crippen LogP contribution in [0.2, 0.25) is 0 Å². The summed E-state index contributed by atoms with van der Waals surface area (Å²) in [6.07, 6.45) is -5.26. The molecule has 0 aromatic heterocycles. The van der Waals surface area contributed by atoms with Gasteiger partial charge in [-0.05, 0) is 18.6 Å². The van der Waals surface area contributed by atoms with Crippen LogP contribution in [0, 0.1) is 0 Å². The molecule has 0 saturated carbocycles. The van der Waals surface area contributed by atoms with Gasteiger partial charge in [0.15, 0.2) is 0 Å². The fourth-order valence-electron chi connectivity index (χ4n) is 1.25. The maximum atomic E-state index is 11.9. The van der Waals surface area contributed by atoms with Gasteiger partial charge in [-0.2, -0.15) is 13.2 Å². The Morgan fingerprint density at radius 2 is 1.94 bits per heavy atom. The summed E-state index contributed by atoms with van der Waals surface area (Å²) in [5, 5.41) is 0. The van der Waals surface area contributed by atoms with E-state index in [1.54, 1.807) is 12.1 Å². The number of primary amides is 1. The molecule has 6 heteroatoms. The van der Waals surface area contributed by atoms with E-state index < -0.39 is 18.5 Å². The summed E-state index contributed by atoms with van der Waals surface area (Å²) < 4.78 is 40.7. The molecule has 0 radical (unpaired) electrons. The van der Waals surface area contributed by atoms with Crippen molar-refractivity contribution in [2.24, 2.45) is 5.73 Å². The van der Waals surface area contributed by atoms with Crippen LogP contribution >= 0.6 is 0 Å². The standard InChI is InChI=1S/C11H12F3NO2/c12-11(13,14)6-3-7-17-9-5-2-1-4-8(9)10(15)16/h1-2,4-5H,3,6-7H2,(H2,15,16). The van der Waals surface area contributed by atoms with Crippen molar-refractivity contribution < 1.29 is 22.7 Å². The third kappa shape index (κ3) is 4.76. The molecule has 0 unspecified atom stereocenters. The van der Waals surface area contributed by atoms with Gasteiger partial charge in [0.25, 0.3) is 5.91 Å². The van der Waals surface area contributed by atoms with Crippen molar-refractivity contribution in [1.82, 2.24) is 0 Å². The van der Waals surface area contributed by atoms with Gasteiger partial charge in [-0.25, -0.2) is 0 Å². The van der Waals surface area contributed by atoms with E-state index in [1.807, 2.05) is 0 Å². The number of rotatable bonds is 5. The Hall–Kier alpha value is -1.72. The van der Waals surface area contributed by atoms with Crippen molar-refractivity contribution in [3.05, 3.63) is 29.8 Å². The van der Waals surface area contributed by atoms with Crippen molar-refractivity contribution in [3.63, 3.8) is 0 Å². The lowest BCUT2D eigenvalue weighted by Gasteiger charge is -2.10. The minimum atomic E-state index is -4.19. The van der Waals surface area contributed by atoms with Crippen molar-refractivity contribution in [2.45, 2.75) is 19.0 Å². The third-order valence-electron chi connectivity index (χ3n) is 2.01. The molecule has 2 N–H and O–H groups in total. The number of alkyl halides is 3. The summed E-state index contributed by atoms with van der Waals surface area (Å²) in [4.78, 5) is 11.0. The van der Waals surface area contributed by atoms with E-state index in [0.29, 0.717) is 0 Å². The third-order valence-corrected chi connectivity index (χ3v) is 2.01. The first-order valence-electron chi connectivity index (χ1n) is 4.98. The molecule has 0 heterocycles. The number of hydrogen-bond acceptors (Lipinski definition) is 2. The minimum Gasteiger partial charge on any atom is -0.493 e. The minimum absolute atomic E-state index is 0.107. The highest BCUT2D eigenvalue weighted by molar-refractivity contribution is 5.95. The Bertz CT molecular complexity index is 391. The van der Waals surface area contributed by atoms with Gasteiger partial charge in [0.05, 0.1) is 12.2 Å². The van der Waals surface area contributed by atoms with Crippen molar-refractivity contribution in [2.75, 3.05) is 6.61 Å².